The van der Waals surface area contributed by atoms with Crippen LogP contribution in [-0.2, 0) is 10.4 Å². The van der Waals surface area contributed by atoms with E-state index in [2.05, 4.69) is 0 Å². The van der Waals surface area contributed by atoms with Gasteiger partial charge in [-0.05, 0) is 45.0 Å². The molecule has 24 heavy (non-hydrogen) atoms. The van der Waals surface area contributed by atoms with E-state index < -0.39 is 11.4 Å². The number of Topliss-reactive ketones (excluding diaryl/α,β-unsaturated/α-hetero) is 2. The van der Waals surface area contributed by atoms with Crippen LogP contribution in [0.25, 0.3) is 11.1 Å². The molecular weight excluding hydrogens is 312 g/mol. The molecule has 0 aliphatic carbocycles. The molecule has 1 heterocycles. The van der Waals surface area contributed by atoms with Crippen LogP contribution in [0.1, 0.15) is 36.7 Å². The Balaban J connectivity index is 2.21. The lowest BCUT2D eigenvalue weighted by atomic mass is 9.84. The number of phenolic OH excluding ortho intramolecular Hbond substituents is 3. The fourth-order valence-corrected chi connectivity index (χ4v) is 2.86. The third kappa shape index (κ3) is 1.96. The highest BCUT2D eigenvalue weighted by molar-refractivity contribution is 6.01. The Morgan fingerprint density at radius 1 is 1.00 bits per heavy atom. The van der Waals surface area contributed by atoms with Gasteiger partial charge in [0.2, 0.25) is 0 Å². The number of hydrogen-bond acceptors (Lipinski definition) is 6. The van der Waals surface area contributed by atoms with Crippen molar-refractivity contribution in [3.63, 3.8) is 0 Å². The zero-order valence-corrected chi connectivity index (χ0v) is 13.4. The molecular formula is C18H16O6. The van der Waals surface area contributed by atoms with Crippen LogP contribution in [0.3, 0.4) is 0 Å². The first kappa shape index (κ1) is 15.9. The van der Waals surface area contributed by atoms with Crippen molar-refractivity contribution in [2.75, 3.05) is 0 Å². The van der Waals surface area contributed by atoms with Gasteiger partial charge in [0.1, 0.15) is 11.5 Å². The normalized spacial score (nSPS) is 18.3. The van der Waals surface area contributed by atoms with Gasteiger partial charge >= 0.3 is 0 Å². The molecule has 3 rings (SSSR count). The summed E-state index contributed by atoms with van der Waals surface area (Å²) in [6.07, 6.45) is 0. The zero-order chi connectivity index (χ0) is 17.8. The summed E-state index contributed by atoms with van der Waals surface area (Å²) in [6.45, 7) is 4.28. The number of aromatic hydroxyl groups is 3. The van der Waals surface area contributed by atoms with Gasteiger partial charge in [-0.25, -0.2) is 0 Å². The molecule has 0 amide bonds. The fraction of sp³-hybridized carbons (Fsp3) is 0.222. The predicted molar refractivity (Wildman–Crippen MR) is 85.5 cm³/mol. The van der Waals surface area contributed by atoms with Gasteiger partial charge in [0.25, 0.3) is 0 Å². The zero-order valence-electron chi connectivity index (χ0n) is 13.4. The molecule has 0 saturated heterocycles. The van der Waals surface area contributed by atoms with Crippen molar-refractivity contribution >= 4 is 11.6 Å². The highest BCUT2D eigenvalue weighted by Crippen LogP contribution is 2.55. The molecule has 6 nitrogen and oxygen atoms in total. The monoisotopic (exact) mass is 328 g/mol. The lowest BCUT2D eigenvalue weighted by Crippen LogP contribution is -2.44. The van der Waals surface area contributed by atoms with Crippen LogP contribution in [-0.4, -0.2) is 26.9 Å². The van der Waals surface area contributed by atoms with Gasteiger partial charge in [0.15, 0.2) is 28.7 Å². The molecule has 3 N–H and O–H groups in total. The smallest absolute Gasteiger partial charge is 0.192 e. The number of carbonyl (C=O) groups is 2. The van der Waals surface area contributed by atoms with E-state index >= 15 is 0 Å². The first-order chi connectivity index (χ1) is 11.2. The van der Waals surface area contributed by atoms with Gasteiger partial charge in [-0.15, -0.1) is 0 Å². The Labute approximate surface area is 137 Å². The van der Waals surface area contributed by atoms with Crippen molar-refractivity contribution in [2.45, 2.75) is 26.4 Å². The van der Waals surface area contributed by atoms with Crippen LogP contribution in [0.15, 0.2) is 24.3 Å². The maximum atomic E-state index is 11.7. The van der Waals surface area contributed by atoms with Crippen molar-refractivity contribution in [1.29, 1.82) is 0 Å². The molecule has 0 bridgehead atoms. The van der Waals surface area contributed by atoms with E-state index in [0.717, 1.165) is 0 Å². The quantitative estimate of drug-likeness (QED) is 0.749. The van der Waals surface area contributed by atoms with Crippen LogP contribution in [0.5, 0.6) is 23.0 Å². The summed E-state index contributed by atoms with van der Waals surface area (Å²) in [4.78, 5) is 23.3. The third-order valence-corrected chi connectivity index (χ3v) is 4.43. The molecule has 1 atom stereocenters. The Morgan fingerprint density at radius 2 is 1.67 bits per heavy atom. The predicted octanol–water partition coefficient (Wildman–Crippen LogP) is 2.87. The van der Waals surface area contributed by atoms with Gasteiger partial charge < -0.3 is 20.1 Å². The molecule has 0 aromatic heterocycles. The summed E-state index contributed by atoms with van der Waals surface area (Å²) >= 11 is 0. The largest absolute Gasteiger partial charge is 0.507 e. The van der Waals surface area contributed by atoms with Gasteiger partial charge in [-0.3, -0.25) is 9.59 Å². The van der Waals surface area contributed by atoms with Crippen molar-refractivity contribution in [2.24, 2.45) is 0 Å². The highest BCUT2D eigenvalue weighted by atomic mass is 16.5. The SMILES string of the molecule is CC(=O)c1ccc(O)c(-c2ccc3c(c2O)OC3(C)C(C)=O)c1O. The second-order valence-corrected chi connectivity index (χ2v) is 5.94. The van der Waals surface area contributed by atoms with E-state index in [1.807, 2.05) is 0 Å². The van der Waals surface area contributed by atoms with Crippen molar-refractivity contribution < 1.29 is 29.6 Å². The Morgan fingerprint density at radius 3 is 2.25 bits per heavy atom. The molecule has 6 heteroatoms. The van der Waals surface area contributed by atoms with Crippen molar-refractivity contribution in [3.05, 3.63) is 35.4 Å². The molecule has 0 radical (unpaired) electrons. The molecule has 0 fully saturated rings. The fourth-order valence-electron chi connectivity index (χ4n) is 2.86. The van der Waals surface area contributed by atoms with E-state index in [9.17, 15) is 24.9 Å². The maximum Gasteiger partial charge on any atom is 0.192 e. The Bertz CT molecular complexity index is 899. The summed E-state index contributed by atoms with van der Waals surface area (Å²) in [5.41, 5.74) is -0.519. The van der Waals surface area contributed by atoms with Gasteiger partial charge in [-0.1, -0.05) is 0 Å². The first-order valence-corrected chi connectivity index (χ1v) is 7.31. The summed E-state index contributed by atoms with van der Waals surface area (Å²) in [7, 11) is 0. The van der Waals surface area contributed by atoms with Gasteiger partial charge in [0.05, 0.1) is 11.1 Å². The summed E-state index contributed by atoms with van der Waals surface area (Å²) in [6, 6.07) is 5.63. The van der Waals surface area contributed by atoms with E-state index in [1.54, 1.807) is 13.0 Å². The Hall–Kier alpha value is -3.02. The van der Waals surface area contributed by atoms with E-state index in [-0.39, 0.29) is 45.5 Å². The standard InChI is InChI=1S/C18H16O6/c1-8(19)10-5-7-13(21)14(15(10)22)11-4-6-12-17(16(11)23)24-18(12,3)9(2)20/h4-7,21-23H,1-3H3. The minimum absolute atomic E-state index is 0.0272. The van der Waals surface area contributed by atoms with Crippen LogP contribution in [0.4, 0.5) is 0 Å². The van der Waals surface area contributed by atoms with Gasteiger partial charge in [-0.2, -0.15) is 0 Å². The third-order valence-electron chi connectivity index (χ3n) is 4.43. The number of fused-ring (bicyclic) bond motifs is 1. The average molecular weight is 328 g/mol. The lowest BCUT2D eigenvalue weighted by Gasteiger charge is -2.40. The van der Waals surface area contributed by atoms with E-state index in [0.29, 0.717) is 5.56 Å². The minimum atomic E-state index is -1.11. The molecule has 0 saturated carbocycles. The van der Waals surface area contributed by atoms with E-state index in [4.69, 9.17) is 4.74 Å². The molecule has 2 aromatic rings. The number of carbonyl (C=O) groups excluding carboxylic acids is 2. The van der Waals surface area contributed by atoms with Crippen LogP contribution >= 0.6 is 0 Å². The number of hydrogen-bond donors (Lipinski definition) is 3. The second kappa shape index (κ2) is 4.99. The van der Waals surface area contributed by atoms with Gasteiger partial charge in [0, 0.05) is 11.1 Å². The molecule has 2 aromatic carbocycles. The number of rotatable bonds is 3. The van der Waals surface area contributed by atoms with Crippen LogP contribution in [0.2, 0.25) is 0 Å². The molecule has 0 spiro atoms. The second-order valence-electron chi connectivity index (χ2n) is 5.94. The first-order valence-electron chi connectivity index (χ1n) is 7.31. The lowest BCUT2D eigenvalue weighted by molar-refractivity contribution is -0.136. The van der Waals surface area contributed by atoms with E-state index in [1.165, 1.54) is 32.0 Å². The molecule has 1 aliphatic heterocycles. The molecule has 1 aliphatic rings. The summed E-state index contributed by atoms with van der Waals surface area (Å²) in [5, 5.41) is 30.8. The average Bonchev–Trinajstić information content (AvgIpc) is 2.48. The summed E-state index contributed by atoms with van der Waals surface area (Å²) in [5.74, 6) is -1.48. The molecule has 124 valence electrons. The summed E-state index contributed by atoms with van der Waals surface area (Å²) < 4.78 is 5.45. The number of ketones is 2. The van der Waals surface area contributed by atoms with Crippen molar-refractivity contribution in [3.8, 4) is 34.1 Å². The van der Waals surface area contributed by atoms with Crippen LogP contribution in [0, 0.1) is 0 Å². The topological polar surface area (TPSA) is 104 Å². The molecule has 1 unspecified atom stereocenters. The maximum absolute atomic E-state index is 11.7. The number of ether oxygens (including phenoxy) is 1. The van der Waals surface area contributed by atoms with Crippen LogP contribution < -0.4 is 4.74 Å². The number of phenols is 3. The number of benzene rings is 2. The van der Waals surface area contributed by atoms with Crippen molar-refractivity contribution in [1.82, 2.24) is 0 Å². The highest BCUT2D eigenvalue weighted by Gasteiger charge is 2.47. The Kier molecular flexibility index (Phi) is 3.30. The minimum Gasteiger partial charge on any atom is -0.507 e.